The number of benzene rings is 3. The number of carbonyl (C=O) groups is 1. The fourth-order valence-corrected chi connectivity index (χ4v) is 3.62. The second kappa shape index (κ2) is 8.89. The summed E-state index contributed by atoms with van der Waals surface area (Å²) in [6.07, 6.45) is 1.84. The molecule has 4 rings (SSSR count). The number of nitrogens with one attached hydrogen (secondary N) is 1. The van der Waals surface area contributed by atoms with Crippen molar-refractivity contribution < 1.29 is 4.79 Å². The van der Waals surface area contributed by atoms with Gasteiger partial charge >= 0.3 is 0 Å². The van der Waals surface area contributed by atoms with Gasteiger partial charge in [-0.2, -0.15) is 0 Å². The molecule has 4 aromatic rings. The van der Waals surface area contributed by atoms with E-state index in [-0.39, 0.29) is 11.9 Å². The molecule has 0 spiro atoms. The summed E-state index contributed by atoms with van der Waals surface area (Å²) >= 11 is 0. The minimum absolute atomic E-state index is 0.101. The average Bonchev–Trinajstić information content (AvgIpc) is 2.79. The summed E-state index contributed by atoms with van der Waals surface area (Å²) in [7, 11) is 2.11. The summed E-state index contributed by atoms with van der Waals surface area (Å²) in [6.45, 7) is 2.97. The molecular weight excluding hydrogens is 370 g/mol. The molecule has 1 atom stereocenters. The van der Waals surface area contributed by atoms with Gasteiger partial charge in [-0.25, -0.2) is 0 Å². The van der Waals surface area contributed by atoms with E-state index in [2.05, 4.69) is 59.5 Å². The Morgan fingerprint density at radius 3 is 2.57 bits per heavy atom. The molecule has 1 N–H and O–H groups in total. The van der Waals surface area contributed by atoms with Crippen LogP contribution in [0.25, 0.3) is 10.9 Å². The first-order valence-corrected chi connectivity index (χ1v) is 10.1. The molecule has 1 aromatic heterocycles. The first kappa shape index (κ1) is 19.8. The SMILES string of the molecule is C[C@H](c1cccc(NC(=O)c2ccccc2)c1)N(C)Cc1cccc2cccnc12. The van der Waals surface area contributed by atoms with Crippen LogP contribution < -0.4 is 5.32 Å². The van der Waals surface area contributed by atoms with Gasteiger partial charge in [-0.3, -0.25) is 14.7 Å². The lowest BCUT2D eigenvalue weighted by molar-refractivity contribution is 0.102. The average molecular weight is 396 g/mol. The molecule has 0 bridgehead atoms. The van der Waals surface area contributed by atoms with Crippen LogP contribution in [0.2, 0.25) is 0 Å². The van der Waals surface area contributed by atoms with E-state index in [1.54, 1.807) is 0 Å². The van der Waals surface area contributed by atoms with Crippen LogP contribution in [0, 0.1) is 0 Å². The van der Waals surface area contributed by atoms with Crippen molar-refractivity contribution in [3.63, 3.8) is 0 Å². The topological polar surface area (TPSA) is 45.2 Å². The Morgan fingerprint density at radius 2 is 1.73 bits per heavy atom. The van der Waals surface area contributed by atoms with E-state index in [4.69, 9.17) is 0 Å². The number of aromatic nitrogens is 1. The number of para-hydroxylation sites is 1. The maximum absolute atomic E-state index is 12.5. The third-order valence-electron chi connectivity index (χ3n) is 5.46. The Labute approximate surface area is 177 Å². The third-order valence-corrected chi connectivity index (χ3v) is 5.46. The van der Waals surface area contributed by atoms with Gasteiger partial charge < -0.3 is 5.32 Å². The van der Waals surface area contributed by atoms with Crippen molar-refractivity contribution in [3.8, 4) is 0 Å². The van der Waals surface area contributed by atoms with Gasteiger partial charge in [-0.05, 0) is 55.4 Å². The molecule has 3 aromatic carbocycles. The number of fused-ring (bicyclic) bond motifs is 1. The molecular formula is C26H25N3O. The summed E-state index contributed by atoms with van der Waals surface area (Å²) < 4.78 is 0. The molecule has 0 aliphatic carbocycles. The highest BCUT2D eigenvalue weighted by Crippen LogP contribution is 2.25. The molecule has 0 fully saturated rings. The van der Waals surface area contributed by atoms with Crippen LogP contribution in [-0.2, 0) is 6.54 Å². The normalized spacial score (nSPS) is 12.1. The largest absolute Gasteiger partial charge is 0.322 e. The zero-order valence-electron chi connectivity index (χ0n) is 17.2. The van der Waals surface area contributed by atoms with Gasteiger partial charge in [0.05, 0.1) is 5.52 Å². The second-order valence-electron chi connectivity index (χ2n) is 7.53. The summed E-state index contributed by atoms with van der Waals surface area (Å²) in [6, 6.07) is 27.9. The van der Waals surface area contributed by atoms with Gasteiger partial charge in [0.25, 0.3) is 5.91 Å². The van der Waals surface area contributed by atoms with E-state index >= 15 is 0 Å². The molecule has 0 aliphatic rings. The van der Waals surface area contributed by atoms with E-state index in [1.165, 1.54) is 5.56 Å². The van der Waals surface area contributed by atoms with Crippen LogP contribution in [0.5, 0.6) is 0 Å². The molecule has 0 aliphatic heterocycles. The van der Waals surface area contributed by atoms with Crippen molar-refractivity contribution in [2.45, 2.75) is 19.5 Å². The van der Waals surface area contributed by atoms with Crippen molar-refractivity contribution in [3.05, 3.63) is 108 Å². The van der Waals surface area contributed by atoms with E-state index in [0.717, 1.165) is 28.7 Å². The molecule has 1 amide bonds. The number of hydrogen-bond donors (Lipinski definition) is 1. The van der Waals surface area contributed by atoms with E-state index in [9.17, 15) is 4.79 Å². The predicted molar refractivity (Wildman–Crippen MR) is 122 cm³/mol. The van der Waals surface area contributed by atoms with Crippen molar-refractivity contribution >= 4 is 22.5 Å². The maximum atomic E-state index is 12.5. The molecule has 4 nitrogen and oxygen atoms in total. The van der Waals surface area contributed by atoms with Crippen LogP contribution in [0.15, 0.2) is 91.1 Å². The number of amides is 1. The molecule has 0 radical (unpaired) electrons. The fourth-order valence-electron chi connectivity index (χ4n) is 3.62. The highest BCUT2D eigenvalue weighted by molar-refractivity contribution is 6.04. The van der Waals surface area contributed by atoms with E-state index in [1.807, 2.05) is 60.8 Å². The van der Waals surface area contributed by atoms with Crippen LogP contribution in [0.3, 0.4) is 0 Å². The van der Waals surface area contributed by atoms with Crippen molar-refractivity contribution in [2.75, 3.05) is 12.4 Å². The summed E-state index contributed by atoms with van der Waals surface area (Å²) in [4.78, 5) is 19.3. The van der Waals surface area contributed by atoms with E-state index in [0.29, 0.717) is 5.56 Å². The molecule has 0 saturated carbocycles. The molecule has 0 saturated heterocycles. The van der Waals surface area contributed by atoms with Crippen LogP contribution in [-0.4, -0.2) is 22.8 Å². The summed E-state index contributed by atoms with van der Waals surface area (Å²) in [5.74, 6) is -0.101. The lowest BCUT2D eigenvalue weighted by Crippen LogP contribution is -2.22. The highest BCUT2D eigenvalue weighted by Gasteiger charge is 2.15. The van der Waals surface area contributed by atoms with Crippen LogP contribution in [0.1, 0.15) is 34.5 Å². The number of hydrogen-bond acceptors (Lipinski definition) is 3. The number of carbonyl (C=O) groups excluding carboxylic acids is 1. The van der Waals surface area contributed by atoms with Gasteiger partial charge in [-0.1, -0.05) is 54.6 Å². The standard InChI is InChI=1S/C26H25N3O/c1-19(29(2)18-23-13-6-11-20-14-8-16-27-25(20)23)22-12-7-15-24(17-22)28-26(30)21-9-4-3-5-10-21/h3-17,19H,18H2,1-2H3,(H,28,30)/t19-/m1/s1. The predicted octanol–water partition coefficient (Wildman–Crippen LogP) is 5.68. The molecule has 1 heterocycles. The van der Waals surface area contributed by atoms with Crippen molar-refractivity contribution in [2.24, 2.45) is 0 Å². The van der Waals surface area contributed by atoms with Gasteiger partial charge in [-0.15, -0.1) is 0 Å². The lowest BCUT2D eigenvalue weighted by atomic mass is 10.0. The quantitative estimate of drug-likeness (QED) is 0.457. The first-order valence-electron chi connectivity index (χ1n) is 10.1. The van der Waals surface area contributed by atoms with Crippen LogP contribution in [0.4, 0.5) is 5.69 Å². The Kier molecular flexibility index (Phi) is 5.87. The minimum Gasteiger partial charge on any atom is -0.322 e. The van der Waals surface area contributed by atoms with Gasteiger partial charge in [0, 0.05) is 35.4 Å². The Hall–Kier alpha value is -3.50. The monoisotopic (exact) mass is 395 g/mol. The fraction of sp³-hybridized carbons (Fsp3) is 0.154. The number of pyridine rings is 1. The first-order chi connectivity index (χ1) is 14.6. The number of rotatable bonds is 6. The smallest absolute Gasteiger partial charge is 0.255 e. The van der Waals surface area contributed by atoms with Crippen LogP contribution >= 0.6 is 0 Å². The zero-order chi connectivity index (χ0) is 20.9. The Balaban J connectivity index is 1.49. The highest BCUT2D eigenvalue weighted by atomic mass is 16.1. The van der Waals surface area contributed by atoms with Gasteiger partial charge in [0.2, 0.25) is 0 Å². The number of nitrogens with zero attached hydrogens (tertiary/aromatic N) is 2. The van der Waals surface area contributed by atoms with Crippen molar-refractivity contribution in [1.82, 2.24) is 9.88 Å². The molecule has 30 heavy (non-hydrogen) atoms. The molecule has 0 unspecified atom stereocenters. The molecule has 4 heteroatoms. The van der Waals surface area contributed by atoms with Gasteiger partial charge in [0.15, 0.2) is 0 Å². The number of anilines is 1. The second-order valence-corrected chi connectivity index (χ2v) is 7.53. The third kappa shape index (κ3) is 4.39. The van der Waals surface area contributed by atoms with Crippen molar-refractivity contribution in [1.29, 1.82) is 0 Å². The lowest BCUT2D eigenvalue weighted by Gasteiger charge is -2.26. The van der Waals surface area contributed by atoms with E-state index < -0.39 is 0 Å². The summed E-state index contributed by atoms with van der Waals surface area (Å²) in [5.41, 5.74) is 4.85. The summed E-state index contributed by atoms with van der Waals surface area (Å²) in [5, 5.41) is 4.15. The Morgan fingerprint density at radius 1 is 0.967 bits per heavy atom. The molecule has 150 valence electrons. The Bertz CT molecular complexity index is 1150. The zero-order valence-corrected chi connectivity index (χ0v) is 17.2. The van der Waals surface area contributed by atoms with Gasteiger partial charge in [0.1, 0.15) is 0 Å². The minimum atomic E-state index is -0.101. The maximum Gasteiger partial charge on any atom is 0.255 e.